The minimum Gasteiger partial charge on any atom is -0.486 e. The zero-order chi connectivity index (χ0) is 25.2. The van der Waals surface area contributed by atoms with Crippen LogP contribution < -0.4 is 10.1 Å². The van der Waals surface area contributed by atoms with Crippen molar-refractivity contribution in [2.45, 2.75) is 37.1 Å². The molecule has 1 saturated heterocycles. The van der Waals surface area contributed by atoms with Gasteiger partial charge in [0.1, 0.15) is 23.8 Å². The maximum atomic E-state index is 13.7. The van der Waals surface area contributed by atoms with Gasteiger partial charge in [0.15, 0.2) is 0 Å². The van der Waals surface area contributed by atoms with Gasteiger partial charge in [0.2, 0.25) is 11.8 Å². The van der Waals surface area contributed by atoms with Gasteiger partial charge in [-0.3, -0.25) is 9.59 Å². The van der Waals surface area contributed by atoms with Crippen molar-refractivity contribution < 1.29 is 33.7 Å². The highest BCUT2D eigenvalue weighted by Gasteiger charge is 2.50. The number of ether oxygens (including phenoxy) is 2. The summed E-state index contributed by atoms with van der Waals surface area (Å²) < 4.78 is 25.1. The molecular formula is C27H29FN2O6. The number of fused-ring (bicyclic) bond motifs is 3. The Morgan fingerprint density at radius 3 is 2.64 bits per heavy atom. The molecule has 1 aliphatic carbocycles. The van der Waals surface area contributed by atoms with E-state index in [4.69, 9.17) is 9.47 Å². The Balaban J connectivity index is 1.55. The molecular weight excluding hydrogens is 467 g/mol. The van der Waals surface area contributed by atoms with Crippen molar-refractivity contribution in [1.29, 1.82) is 0 Å². The van der Waals surface area contributed by atoms with Crippen LogP contribution in [-0.2, 0) is 20.9 Å². The molecule has 9 heteroatoms. The van der Waals surface area contributed by atoms with E-state index in [2.05, 4.69) is 5.32 Å². The van der Waals surface area contributed by atoms with Crippen molar-refractivity contribution in [3.05, 3.63) is 77.1 Å². The number of carbonyl (C=O) groups is 2. The molecule has 1 unspecified atom stereocenters. The average molecular weight is 497 g/mol. The van der Waals surface area contributed by atoms with Gasteiger partial charge >= 0.3 is 0 Å². The number of halogens is 1. The van der Waals surface area contributed by atoms with Crippen LogP contribution in [0.25, 0.3) is 0 Å². The van der Waals surface area contributed by atoms with Gasteiger partial charge in [-0.25, -0.2) is 4.39 Å². The Bertz CT molecular complexity index is 1150. The fourth-order valence-electron chi connectivity index (χ4n) is 5.27. The number of hydrogen-bond acceptors (Lipinski definition) is 6. The molecule has 0 aromatic heterocycles. The highest BCUT2D eigenvalue weighted by Crippen LogP contribution is 2.47. The van der Waals surface area contributed by atoms with E-state index in [9.17, 15) is 24.2 Å². The largest absolute Gasteiger partial charge is 0.486 e. The van der Waals surface area contributed by atoms with Gasteiger partial charge in [-0.2, -0.15) is 0 Å². The number of amides is 2. The third-order valence-corrected chi connectivity index (χ3v) is 7.07. The van der Waals surface area contributed by atoms with E-state index in [0.717, 1.165) is 5.56 Å². The highest BCUT2D eigenvalue weighted by molar-refractivity contribution is 5.96. The second kappa shape index (κ2) is 10.4. The smallest absolute Gasteiger partial charge is 0.247 e. The first-order valence-electron chi connectivity index (χ1n) is 12.1. The summed E-state index contributed by atoms with van der Waals surface area (Å²) in [6.07, 6.45) is 0.295. The molecule has 3 aliphatic rings. The standard InChI is InChI=1S/C27H29FN2O6/c28-18-7-5-16(6-8-18)14-30(27(34)17-9-12-35-15-17)21-13-20(26(33)29-10-11-31)23-19-3-1-2-4-22(19)36-25(23)24(21)32/h1-8,13,17,21,23-25,31-32H,9-12,14-15H2,(H,29,33)/t17?,21-,23+,24+,25+/m1/s1. The maximum Gasteiger partial charge on any atom is 0.247 e. The molecule has 5 rings (SSSR count). The molecule has 5 atom stereocenters. The van der Waals surface area contributed by atoms with E-state index in [1.54, 1.807) is 29.2 Å². The lowest BCUT2D eigenvalue weighted by molar-refractivity contribution is -0.142. The number of para-hydroxylation sites is 1. The van der Waals surface area contributed by atoms with Crippen LogP contribution in [0.2, 0.25) is 0 Å². The monoisotopic (exact) mass is 496 g/mol. The number of aliphatic hydroxyl groups is 2. The summed E-state index contributed by atoms with van der Waals surface area (Å²) in [4.78, 5) is 28.4. The number of nitrogens with one attached hydrogen (secondary N) is 1. The molecule has 2 aromatic rings. The van der Waals surface area contributed by atoms with Crippen LogP contribution in [-0.4, -0.2) is 71.5 Å². The molecule has 2 amide bonds. The second-order valence-corrected chi connectivity index (χ2v) is 9.33. The lowest BCUT2D eigenvalue weighted by Gasteiger charge is -2.41. The number of benzene rings is 2. The number of carbonyl (C=O) groups excluding carboxylic acids is 2. The Hall–Kier alpha value is -3.27. The van der Waals surface area contributed by atoms with Crippen LogP contribution in [0.5, 0.6) is 5.75 Å². The molecule has 36 heavy (non-hydrogen) atoms. The molecule has 0 bridgehead atoms. The molecule has 0 radical (unpaired) electrons. The van der Waals surface area contributed by atoms with Crippen molar-refractivity contribution in [2.75, 3.05) is 26.4 Å². The van der Waals surface area contributed by atoms with Crippen LogP contribution in [0.15, 0.2) is 60.2 Å². The van der Waals surface area contributed by atoms with Gasteiger partial charge in [-0.1, -0.05) is 30.3 Å². The van der Waals surface area contributed by atoms with Crippen LogP contribution in [0.4, 0.5) is 4.39 Å². The third kappa shape index (κ3) is 4.61. The molecule has 2 heterocycles. The molecule has 2 aromatic carbocycles. The number of rotatable bonds is 7. The molecule has 0 spiro atoms. The Kier molecular flexibility index (Phi) is 7.04. The molecule has 1 fully saturated rings. The number of nitrogens with zero attached hydrogens (tertiary/aromatic N) is 1. The number of aliphatic hydroxyl groups excluding tert-OH is 2. The second-order valence-electron chi connectivity index (χ2n) is 9.33. The first-order chi connectivity index (χ1) is 17.5. The predicted octanol–water partition coefficient (Wildman–Crippen LogP) is 1.51. The molecule has 3 N–H and O–H groups in total. The zero-order valence-corrected chi connectivity index (χ0v) is 19.7. The summed E-state index contributed by atoms with van der Waals surface area (Å²) in [5.41, 5.74) is 1.84. The van der Waals surface area contributed by atoms with E-state index < -0.39 is 30.1 Å². The lowest BCUT2D eigenvalue weighted by Crippen LogP contribution is -2.56. The van der Waals surface area contributed by atoms with Gasteiger partial charge in [0.25, 0.3) is 0 Å². The summed E-state index contributed by atoms with van der Waals surface area (Å²) in [7, 11) is 0. The fraction of sp³-hybridized carbons (Fsp3) is 0.407. The summed E-state index contributed by atoms with van der Waals surface area (Å²) in [5.74, 6) is -1.31. The van der Waals surface area contributed by atoms with Crippen molar-refractivity contribution in [3.63, 3.8) is 0 Å². The van der Waals surface area contributed by atoms with Crippen LogP contribution in [0, 0.1) is 11.7 Å². The molecule has 0 saturated carbocycles. The Morgan fingerprint density at radius 1 is 1.14 bits per heavy atom. The highest BCUT2D eigenvalue weighted by atomic mass is 19.1. The van der Waals surface area contributed by atoms with Gasteiger partial charge in [-0.05, 0) is 36.3 Å². The first-order valence-corrected chi connectivity index (χ1v) is 12.1. The van der Waals surface area contributed by atoms with E-state index in [1.807, 2.05) is 18.2 Å². The van der Waals surface area contributed by atoms with Crippen molar-refractivity contribution in [2.24, 2.45) is 5.92 Å². The zero-order valence-electron chi connectivity index (χ0n) is 19.7. The SMILES string of the molecule is O=C(NCCO)C1=C[C@@H](N(Cc2ccc(F)cc2)C(=O)C2CCOC2)[C@H](O)[C@H]2Oc3ccccc3[C@@H]12. The maximum absolute atomic E-state index is 13.7. The van der Waals surface area contributed by atoms with Gasteiger partial charge in [0.05, 0.1) is 31.1 Å². The minimum atomic E-state index is -1.12. The van der Waals surface area contributed by atoms with Crippen LogP contribution in [0.1, 0.15) is 23.5 Å². The van der Waals surface area contributed by atoms with Crippen LogP contribution in [0.3, 0.4) is 0 Å². The summed E-state index contributed by atoms with van der Waals surface area (Å²) in [6.45, 7) is 0.721. The Morgan fingerprint density at radius 2 is 1.92 bits per heavy atom. The minimum absolute atomic E-state index is 0.0704. The van der Waals surface area contributed by atoms with E-state index in [-0.39, 0.29) is 43.9 Å². The third-order valence-electron chi connectivity index (χ3n) is 7.07. The van der Waals surface area contributed by atoms with Gasteiger partial charge < -0.3 is 29.9 Å². The number of hydrogen-bond donors (Lipinski definition) is 3. The summed E-state index contributed by atoms with van der Waals surface area (Å²) in [6, 6.07) is 12.3. The molecule has 8 nitrogen and oxygen atoms in total. The van der Waals surface area contributed by atoms with Crippen molar-refractivity contribution >= 4 is 11.8 Å². The first kappa shape index (κ1) is 24.4. The Labute approximate surface area is 208 Å². The van der Waals surface area contributed by atoms with Gasteiger partial charge in [-0.15, -0.1) is 0 Å². The fourth-order valence-corrected chi connectivity index (χ4v) is 5.27. The quantitative estimate of drug-likeness (QED) is 0.537. The van der Waals surface area contributed by atoms with Gasteiger partial charge in [0, 0.05) is 30.8 Å². The van der Waals surface area contributed by atoms with E-state index in [0.29, 0.717) is 29.9 Å². The molecule has 190 valence electrons. The van der Waals surface area contributed by atoms with Crippen molar-refractivity contribution in [3.8, 4) is 5.75 Å². The summed E-state index contributed by atoms with van der Waals surface area (Å²) in [5, 5.41) is 23.5. The molecule has 2 aliphatic heterocycles. The topological polar surface area (TPSA) is 108 Å². The predicted molar refractivity (Wildman–Crippen MR) is 127 cm³/mol. The van der Waals surface area contributed by atoms with Crippen LogP contribution >= 0.6 is 0 Å². The lowest BCUT2D eigenvalue weighted by atomic mass is 9.77. The van der Waals surface area contributed by atoms with E-state index >= 15 is 0 Å². The average Bonchev–Trinajstić information content (AvgIpc) is 3.56. The summed E-state index contributed by atoms with van der Waals surface area (Å²) >= 11 is 0. The van der Waals surface area contributed by atoms with E-state index in [1.165, 1.54) is 12.1 Å². The normalized spacial score (nSPS) is 26.4. The van der Waals surface area contributed by atoms with Crippen molar-refractivity contribution in [1.82, 2.24) is 10.2 Å².